The van der Waals surface area contributed by atoms with Gasteiger partial charge in [0, 0.05) is 17.6 Å². The zero-order valence-electron chi connectivity index (χ0n) is 17.0. The minimum Gasteiger partial charge on any atom is -0.486 e. The first kappa shape index (κ1) is 20.6. The molecule has 166 valence electrons. The van der Waals surface area contributed by atoms with Gasteiger partial charge in [-0.1, -0.05) is 15.9 Å². The van der Waals surface area contributed by atoms with Crippen LogP contribution in [0.1, 0.15) is 31.1 Å². The lowest BCUT2D eigenvalue weighted by molar-refractivity contribution is -0.0433. The normalized spacial score (nSPS) is 22.6. The number of halogens is 1. The molecule has 0 aliphatic carbocycles. The SMILES string of the molecule is O=c1c2c(cnn1C1CCCCO1)N(CCc1cc3c(cc1Br)OCCO3)C(O)CO2. The summed E-state index contributed by atoms with van der Waals surface area (Å²) in [5, 5.41) is 14.9. The summed E-state index contributed by atoms with van der Waals surface area (Å²) in [5.74, 6) is 1.63. The van der Waals surface area contributed by atoms with Crippen LogP contribution in [-0.4, -0.2) is 54.1 Å². The van der Waals surface area contributed by atoms with Crippen LogP contribution >= 0.6 is 15.9 Å². The van der Waals surface area contributed by atoms with E-state index in [1.807, 2.05) is 12.1 Å². The fourth-order valence-corrected chi connectivity index (χ4v) is 4.64. The maximum atomic E-state index is 13.0. The van der Waals surface area contributed by atoms with Crippen LogP contribution < -0.4 is 24.7 Å². The Morgan fingerprint density at radius 1 is 1.13 bits per heavy atom. The van der Waals surface area contributed by atoms with E-state index in [0.29, 0.717) is 50.0 Å². The Morgan fingerprint density at radius 2 is 1.94 bits per heavy atom. The zero-order chi connectivity index (χ0) is 21.4. The Labute approximate surface area is 187 Å². The third kappa shape index (κ3) is 3.99. The van der Waals surface area contributed by atoms with Gasteiger partial charge in [-0.3, -0.25) is 4.79 Å². The van der Waals surface area contributed by atoms with E-state index >= 15 is 0 Å². The van der Waals surface area contributed by atoms with Crippen LogP contribution in [0.3, 0.4) is 0 Å². The van der Waals surface area contributed by atoms with E-state index in [9.17, 15) is 9.90 Å². The van der Waals surface area contributed by atoms with Crippen LogP contribution in [0.4, 0.5) is 5.69 Å². The number of rotatable bonds is 4. The predicted molar refractivity (Wildman–Crippen MR) is 115 cm³/mol. The summed E-state index contributed by atoms with van der Waals surface area (Å²) in [5.41, 5.74) is 1.17. The molecular weight excluding hydrogens is 470 g/mol. The van der Waals surface area contributed by atoms with Crippen LogP contribution in [0.5, 0.6) is 17.2 Å². The molecule has 2 unspecified atom stereocenters. The number of anilines is 1. The quantitative estimate of drug-likeness (QED) is 0.692. The Kier molecular flexibility index (Phi) is 5.77. The molecule has 4 heterocycles. The van der Waals surface area contributed by atoms with Crippen molar-refractivity contribution in [1.82, 2.24) is 9.78 Å². The molecule has 0 radical (unpaired) electrons. The summed E-state index contributed by atoms with van der Waals surface area (Å²) in [6.45, 7) is 2.16. The second kappa shape index (κ2) is 8.68. The highest BCUT2D eigenvalue weighted by Crippen LogP contribution is 2.36. The van der Waals surface area contributed by atoms with Gasteiger partial charge in [-0.05, 0) is 43.4 Å². The molecule has 1 saturated heterocycles. The summed E-state index contributed by atoms with van der Waals surface area (Å²) in [6.07, 6.45) is 3.68. The van der Waals surface area contributed by atoms with E-state index < -0.39 is 6.23 Å². The molecule has 0 amide bonds. The number of hydrogen-bond donors (Lipinski definition) is 1. The number of ether oxygens (including phenoxy) is 4. The second-order valence-corrected chi connectivity index (χ2v) is 8.61. The van der Waals surface area contributed by atoms with Crippen LogP contribution in [0.2, 0.25) is 0 Å². The molecule has 3 aliphatic rings. The van der Waals surface area contributed by atoms with Gasteiger partial charge in [0.25, 0.3) is 0 Å². The van der Waals surface area contributed by atoms with Gasteiger partial charge in [0.2, 0.25) is 5.75 Å². The van der Waals surface area contributed by atoms with Crippen molar-refractivity contribution in [3.05, 3.63) is 38.7 Å². The van der Waals surface area contributed by atoms with Crippen molar-refractivity contribution >= 4 is 21.6 Å². The van der Waals surface area contributed by atoms with Crippen molar-refractivity contribution in [3.8, 4) is 17.2 Å². The molecule has 31 heavy (non-hydrogen) atoms. The number of nitrogens with zero attached hydrogens (tertiary/aromatic N) is 3. The summed E-state index contributed by atoms with van der Waals surface area (Å²) in [6, 6.07) is 3.85. The smallest absolute Gasteiger partial charge is 0.313 e. The minimum atomic E-state index is -0.869. The zero-order valence-corrected chi connectivity index (χ0v) is 18.5. The minimum absolute atomic E-state index is 0.0140. The van der Waals surface area contributed by atoms with E-state index in [2.05, 4.69) is 21.0 Å². The molecule has 0 saturated carbocycles. The predicted octanol–water partition coefficient (Wildman–Crippen LogP) is 2.24. The first-order valence-electron chi connectivity index (χ1n) is 10.5. The Bertz CT molecular complexity index is 1020. The number of aromatic nitrogens is 2. The van der Waals surface area contributed by atoms with Crippen LogP contribution in [0.25, 0.3) is 0 Å². The molecular formula is C21H24BrN3O6. The lowest BCUT2D eigenvalue weighted by Gasteiger charge is -2.35. The highest BCUT2D eigenvalue weighted by atomic mass is 79.9. The molecule has 1 N–H and O–H groups in total. The molecule has 10 heteroatoms. The highest BCUT2D eigenvalue weighted by molar-refractivity contribution is 9.10. The topological polar surface area (TPSA) is 95.3 Å². The van der Waals surface area contributed by atoms with Gasteiger partial charge in [0.1, 0.15) is 25.5 Å². The first-order chi connectivity index (χ1) is 15.1. The fraction of sp³-hybridized carbons (Fsp3) is 0.524. The average Bonchev–Trinajstić information content (AvgIpc) is 2.79. The highest BCUT2D eigenvalue weighted by Gasteiger charge is 2.31. The Balaban J connectivity index is 1.38. The molecule has 1 aromatic carbocycles. The third-order valence-corrected chi connectivity index (χ3v) is 6.49. The van der Waals surface area contributed by atoms with E-state index in [-0.39, 0.29) is 24.1 Å². The van der Waals surface area contributed by atoms with E-state index in [1.165, 1.54) is 4.68 Å². The van der Waals surface area contributed by atoms with Crippen molar-refractivity contribution in [3.63, 3.8) is 0 Å². The number of fused-ring (bicyclic) bond motifs is 2. The van der Waals surface area contributed by atoms with Crippen molar-refractivity contribution in [2.75, 3.05) is 37.9 Å². The van der Waals surface area contributed by atoms with Gasteiger partial charge in [-0.25, -0.2) is 0 Å². The van der Waals surface area contributed by atoms with Gasteiger partial charge in [-0.15, -0.1) is 0 Å². The van der Waals surface area contributed by atoms with Crippen molar-refractivity contribution in [2.24, 2.45) is 0 Å². The molecule has 1 aromatic heterocycles. The molecule has 1 fully saturated rings. The van der Waals surface area contributed by atoms with Crippen LogP contribution in [-0.2, 0) is 11.2 Å². The molecule has 3 aliphatic heterocycles. The molecule has 0 bridgehead atoms. The van der Waals surface area contributed by atoms with Crippen molar-refractivity contribution < 1.29 is 24.1 Å². The Hall–Kier alpha value is -2.30. The molecule has 0 spiro atoms. The average molecular weight is 494 g/mol. The van der Waals surface area contributed by atoms with Gasteiger partial charge in [0.15, 0.2) is 24.0 Å². The monoisotopic (exact) mass is 493 g/mol. The van der Waals surface area contributed by atoms with Gasteiger partial charge in [-0.2, -0.15) is 9.78 Å². The van der Waals surface area contributed by atoms with E-state index in [0.717, 1.165) is 29.3 Å². The number of aliphatic hydroxyl groups excluding tert-OH is 1. The molecule has 2 aromatic rings. The maximum absolute atomic E-state index is 13.0. The lowest BCUT2D eigenvalue weighted by Crippen LogP contribution is -2.46. The van der Waals surface area contributed by atoms with Crippen LogP contribution in [0.15, 0.2) is 27.6 Å². The third-order valence-electron chi connectivity index (χ3n) is 5.75. The standard InChI is InChI=1S/C21H24BrN3O6/c22-14-10-17-16(28-7-8-29-17)9-13(14)4-5-24-15-11-23-25(19-3-1-2-6-30-19)21(27)20(15)31-12-18(24)26/h9-11,18-19,26H,1-8,12H2. The van der Waals surface area contributed by atoms with E-state index in [1.54, 1.807) is 11.1 Å². The lowest BCUT2D eigenvalue weighted by atomic mass is 10.1. The van der Waals surface area contributed by atoms with Crippen LogP contribution in [0, 0.1) is 0 Å². The van der Waals surface area contributed by atoms with Gasteiger partial charge < -0.3 is 29.0 Å². The summed E-state index contributed by atoms with van der Waals surface area (Å²) < 4.78 is 24.9. The largest absolute Gasteiger partial charge is 0.486 e. The summed E-state index contributed by atoms with van der Waals surface area (Å²) in [7, 11) is 0. The number of hydrogen-bond acceptors (Lipinski definition) is 8. The second-order valence-electron chi connectivity index (χ2n) is 7.75. The Morgan fingerprint density at radius 3 is 2.71 bits per heavy atom. The summed E-state index contributed by atoms with van der Waals surface area (Å²) in [4.78, 5) is 14.8. The van der Waals surface area contributed by atoms with Crippen molar-refractivity contribution in [1.29, 1.82) is 0 Å². The number of aliphatic hydroxyl groups is 1. The maximum Gasteiger partial charge on any atom is 0.313 e. The molecule has 9 nitrogen and oxygen atoms in total. The van der Waals surface area contributed by atoms with Gasteiger partial charge >= 0.3 is 5.56 Å². The molecule has 5 rings (SSSR count). The number of benzene rings is 1. The molecule has 2 atom stereocenters. The first-order valence-corrected chi connectivity index (χ1v) is 11.3. The summed E-state index contributed by atoms with van der Waals surface area (Å²) >= 11 is 3.59. The fourth-order valence-electron chi connectivity index (χ4n) is 4.12. The van der Waals surface area contributed by atoms with Gasteiger partial charge in [0.05, 0.1) is 6.20 Å². The van der Waals surface area contributed by atoms with Crippen molar-refractivity contribution in [2.45, 2.75) is 38.1 Å². The van der Waals surface area contributed by atoms with E-state index in [4.69, 9.17) is 18.9 Å².